The minimum absolute atomic E-state index is 1.09. The van der Waals surface area contributed by atoms with Gasteiger partial charge in [-0.3, -0.25) is 0 Å². The fraction of sp³-hybridized carbons (Fsp3) is 0. The zero-order chi connectivity index (χ0) is 37.3. The topological polar surface area (TPSA) is 8.17 Å². The normalized spacial score (nSPS) is 11.2. The van der Waals surface area contributed by atoms with E-state index in [1.807, 2.05) is 0 Å². The third kappa shape index (κ3) is 6.04. The van der Waals surface area contributed by atoms with E-state index in [9.17, 15) is 0 Å². The van der Waals surface area contributed by atoms with Crippen molar-refractivity contribution in [1.82, 2.24) is 4.57 Å². The van der Waals surface area contributed by atoms with Gasteiger partial charge in [-0.05, 0) is 88.0 Å². The summed E-state index contributed by atoms with van der Waals surface area (Å²) in [5.41, 5.74) is 16.4. The Hall–Kier alpha value is -7.42. The number of anilines is 3. The van der Waals surface area contributed by atoms with Crippen LogP contribution in [0.1, 0.15) is 0 Å². The predicted molar refractivity (Wildman–Crippen MR) is 237 cm³/mol. The summed E-state index contributed by atoms with van der Waals surface area (Å²) < 4.78 is 2.41. The van der Waals surface area contributed by atoms with E-state index in [-0.39, 0.29) is 0 Å². The van der Waals surface area contributed by atoms with E-state index in [2.05, 4.69) is 240 Å². The summed E-state index contributed by atoms with van der Waals surface area (Å²) in [4.78, 5) is 2.39. The van der Waals surface area contributed by atoms with Gasteiger partial charge in [0.2, 0.25) is 0 Å². The monoisotopic (exact) mass is 714 g/mol. The van der Waals surface area contributed by atoms with Gasteiger partial charge in [0.05, 0.1) is 22.4 Å². The van der Waals surface area contributed by atoms with Crippen molar-refractivity contribution in [3.05, 3.63) is 231 Å². The second kappa shape index (κ2) is 14.4. The van der Waals surface area contributed by atoms with E-state index in [1.54, 1.807) is 0 Å². The molecule has 0 saturated heterocycles. The number of benzene rings is 9. The van der Waals surface area contributed by atoms with Gasteiger partial charge in [-0.2, -0.15) is 0 Å². The molecule has 0 unspecified atom stereocenters. The summed E-state index contributed by atoms with van der Waals surface area (Å²) in [6, 6.07) is 83.0. The molecule has 0 fully saturated rings. The van der Waals surface area contributed by atoms with Gasteiger partial charge in [-0.1, -0.05) is 176 Å². The SMILES string of the molecule is c1ccc(-c2cccc(N(c3ccc(-c4cccc(-c5ccccc5-n5c6ccccc6c6ccccc65)c4)cc3)c3ccccc3-c3ccccc3)c2)cc1. The fourth-order valence-electron chi connectivity index (χ4n) is 8.18. The third-order valence-corrected chi connectivity index (χ3v) is 10.8. The molecule has 0 amide bonds. The number of rotatable bonds is 8. The Kier molecular flexibility index (Phi) is 8.55. The van der Waals surface area contributed by atoms with E-state index in [0.717, 1.165) is 17.1 Å². The van der Waals surface area contributed by atoms with Gasteiger partial charge in [-0.15, -0.1) is 0 Å². The molecule has 2 heteroatoms. The second-order valence-corrected chi connectivity index (χ2v) is 14.1. The zero-order valence-electron chi connectivity index (χ0n) is 30.8. The highest BCUT2D eigenvalue weighted by molar-refractivity contribution is 6.09. The van der Waals surface area contributed by atoms with Gasteiger partial charge in [0.15, 0.2) is 0 Å². The minimum atomic E-state index is 1.09. The Labute approximate surface area is 327 Å². The third-order valence-electron chi connectivity index (χ3n) is 10.8. The van der Waals surface area contributed by atoms with Crippen LogP contribution < -0.4 is 4.90 Å². The van der Waals surface area contributed by atoms with Crippen molar-refractivity contribution in [3.63, 3.8) is 0 Å². The molecule has 10 rings (SSSR count). The molecule has 0 N–H and O–H groups in total. The van der Waals surface area contributed by atoms with Gasteiger partial charge in [0, 0.05) is 33.3 Å². The number of hydrogen-bond acceptors (Lipinski definition) is 1. The minimum Gasteiger partial charge on any atom is -0.310 e. The zero-order valence-corrected chi connectivity index (χ0v) is 30.8. The van der Waals surface area contributed by atoms with Crippen LogP contribution in [0.2, 0.25) is 0 Å². The van der Waals surface area contributed by atoms with Gasteiger partial charge in [0.25, 0.3) is 0 Å². The van der Waals surface area contributed by atoms with Crippen LogP contribution in [0, 0.1) is 0 Å². The second-order valence-electron chi connectivity index (χ2n) is 14.1. The van der Waals surface area contributed by atoms with Crippen molar-refractivity contribution < 1.29 is 0 Å². The number of hydrogen-bond donors (Lipinski definition) is 0. The lowest BCUT2D eigenvalue weighted by Gasteiger charge is -2.28. The van der Waals surface area contributed by atoms with Crippen LogP contribution in [0.4, 0.5) is 17.1 Å². The lowest BCUT2D eigenvalue weighted by atomic mass is 9.97. The molecule has 0 atom stereocenters. The molecule has 56 heavy (non-hydrogen) atoms. The van der Waals surface area contributed by atoms with Gasteiger partial charge >= 0.3 is 0 Å². The van der Waals surface area contributed by atoms with Crippen molar-refractivity contribution in [3.8, 4) is 50.2 Å². The molecule has 264 valence electrons. The summed E-state index contributed by atoms with van der Waals surface area (Å²) in [6.07, 6.45) is 0. The van der Waals surface area contributed by atoms with Crippen LogP contribution in [0.3, 0.4) is 0 Å². The molecular weight excluding hydrogens is 677 g/mol. The van der Waals surface area contributed by atoms with Crippen LogP contribution in [-0.2, 0) is 0 Å². The van der Waals surface area contributed by atoms with Crippen molar-refractivity contribution in [2.45, 2.75) is 0 Å². The van der Waals surface area contributed by atoms with E-state index < -0.39 is 0 Å². The fourth-order valence-corrected chi connectivity index (χ4v) is 8.18. The average Bonchev–Trinajstić information content (AvgIpc) is 3.62. The molecule has 9 aromatic carbocycles. The first-order valence-electron chi connectivity index (χ1n) is 19.2. The van der Waals surface area contributed by atoms with Gasteiger partial charge in [-0.25, -0.2) is 0 Å². The predicted octanol–water partition coefficient (Wildman–Crippen LogP) is 14.9. The van der Waals surface area contributed by atoms with E-state index in [0.29, 0.717) is 0 Å². The number of para-hydroxylation sites is 4. The Morgan fingerprint density at radius 1 is 0.286 bits per heavy atom. The van der Waals surface area contributed by atoms with Crippen molar-refractivity contribution >= 4 is 38.9 Å². The highest BCUT2D eigenvalue weighted by atomic mass is 15.1. The lowest BCUT2D eigenvalue weighted by Crippen LogP contribution is -2.11. The molecule has 1 aromatic heterocycles. The average molecular weight is 715 g/mol. The Balaban J connectivity index is 1.06. The van der Waals surface area contributed by atoms with Crippen LogP contribution in [0.15, 0.2) is 231 Å². The summed E-state index contributed by atoms with van der Waals surface area (Å²) >= 11 is 0. The van der Waals surface area contributed by atoms with E-state index in [1.165, 1.54) is 72.0 Å². The van der Waals surface area contributed by atoms with Crippen LogP contribution in [0.25, 0.3) is 72.0 Å². The molecule has 10 aromatic rings. The Bertz CT molecular complexity index is 2910. The molecule has 0 bridgehead atoms. The summed E-state index contributed by atoms with van der Waals surface area (Å²) in [6.45, 7) is 0. The maximum absolute atomic E-state index is 2.41. The molecular formula is C54H38N2. The van der Waals surface area contributed by atoms with Crippen LogP contribution >= 0.6 is 0 Å². The first-order chi connectivity index (χ1) is 27.8. The number of nitrogens with zero attached hydrogens (tertiary/aromatic N) is 2. The molecule has 0 aliphatic heterocycles. The summed E-state index contributed by atoms with van der Waals surface area (Å²) in [5, 5.41) is 2.53. The smallest absolute Gasteiger partial charge is 0.0541 e. The molecule has 2 nitrogen and oxygen atoms in total. The highest BCUT2D eigenvalue weighted by Gasteiger charge is 2.19. The molecule has 0 saturated carbocycles. The molecule has 0 radical (unpaired) electrons. The first-order valence-corrected chi connectivity index (χ1v) is 19.2. The van der Waals surface area contributed by atoms with Crippen LogP contribution in [-0.4, -0.2) is 4.57 Å². The first kappa shape index (κ1) is 33.2. The highest BCUT2D eigenvalue weighted by Crippen LogP contribution is 2.43. The standard InChI is InChI=1S/C54H38N2/c1-3-17-39(18-4-1)43-22-16-24-46(38-43)55(51-29-11-7-25-47(51)41-19-5-2-6-20-41)45-35-33-40(34-36-45)42-21-15-23-44(37-42)48-26-8-12-30-52(48)56-53-31-13-9-27-49(53)50-28-10-14-32-54(50)56/h1-38H. The maximum Gasteiger partial charge on any atom is 0.0541 e. The van der Waals surface area contributed by atoms with E-state index >= 15 is 0 Å². The molecule has 0 aliphatic rings. The Morgan fingerprint density at radius 3 is 1.50 bits per heavy atom. The molecule has 1 heterocycles. The lowest BCUT2D eigenvalue weighted by molar-refractivity contribution is 1.18. The molecule has 0 spiro atoms. The van der Waals surface area contributed by atoms with E-state index in [4.69, 9.17) is 0 Å². The number of aromatic nitrogens is 1. The summed E-state index contributed by atoms with van der Waals surface area (Å²) in [5.74, 6) is 0. The van der Waals surface area contributed by atoms with Crippen molar-refractivity contribution in [2.75, 3.05) is 4.90 Å². The van der Waals surface area contributed by atoms with Gasteiger partial charge in [0.1, 0.15) is 0 Å². The maximum atomic E-state index is 2.41. The molecule has 0 aliphatic carbocycles. The number of fused-ring (bicyclic) bond motifs is 3. The quantitative estimate of drug-likeness (QED) is 0.152. The van der Waals surface area contributed by atoms with Crippen molar-refractivity contribution in [2.24, 2.45) is 0 Å². The largest absolute Gasteiger partial charge is 0.310 e. The Morgan fingerprint density at radius 2 is 0.786 bits per heavy atom. The summed E-state index contributed by atoms with van der Waals surface area (Å²) in [7, 11) is 0. The van der Waals surface area contributed by atoms with Gasteiger partial charge < -0.3 is 9.47 Å². The van der Waals surface area contributed by atoms with Crippen molar-refractivity contribution in [1.29, 1.82) is 0 Å². The van der Waals surface area contributed by atoms with Crippen LogP contribution in [0.5, 0.6) is 0 Å².